The number of carbonyl (C=O) groups excluding carboxylic acids is 3. The van der Waals surface area contributed by atoms with Gasteiger partial charge in [-0.05, 0) is 204 Å². The molecule has 0 unspecified atom stereocenters. The fourth-order valence-electron chi connectivity index (χ4n) is 17.1. The summed E-state index contributed by atoms with van der Waals surface area (Å²) in [7, 11) is 4.81. The third-order valence-electron chi connectivity index (χ3n) is 25.1. The molecule has 20 rings (SSSR count). The normalized spacial score (nSPS) is 17.3. The summed E-state index contributed by atoms with van der Waals surface area (Å²) >= 11 is 11.0. The van der Waals surface area contributed by atoms with E-state index in [1.54, 1.807) is 30.3 Å². The fourth-order valence-corrected chi connectivity index (χ4v) is 17.7. The number of halogens is 14. The van der Waals surface area contributed by atoms with E-state index in [1.165, 1.54) is 66.7 Å². The van der Waals surface area contributed by atoms with Crippen molar-refractivity contribution in [2.24, 2.45) is 0 Å². The second-order valence-electron chi connectivity index (χ2n) is 36.7. The van der Waals surface area contributed by atoms with E-state index < -0.39 is 106 Å². The molecule has 0 amide bonds. The molecule has 0 bridgehead atoms. The first-order valence-electron chi connectivity index (χ1n) is 44.7. The number of nitrogens with two attached hydrogens (primary N) is 1. The molecule has 12 aromatic rings. The van der Waals surface area contributed by atoms with Crippen LogP contribution >= 0.6 is 44.6 Å². The number of nitrogens with zero attached hydrogens (tertiary/aromatic N) is 2. The largest absolute Gasteiger partial charge is 0.586 e. The van der Waals surface area contributed by atoms with Gasteiger partial charge in [-0.25, -0.2) is 8.78 Å². The smallest absolute Gasteiger partial charge is 0.481 e. The van der Waals surface area contributed by atoms with Crippen LogP contribution in [-0.2, 0) is 125 Å². The number of hydrogen-bond acceptors (Lipinski definition) is 21. The van der Waals surface area contributed by atoms with E-state index in [0.717, 1.165) is 44.4 Å². The van der Waals surface area contributed by atoms with Gasteiger partial charge in [-0.1, -0.05) is 181 Å². The van der Waals surface area contributed by atoms with Gasteiger partial charge < -0.3 is 87.0 Å². The molecular weight excluding hydrogens is 1990 g/mol. The molecule has 4 aliphatic carbocycles. The molecule has 760 valence electrons. The Kier molecular flexibility index (Phi) is 32.0. The number of carboxylic acids is 1. The van der Waals surface area contributed by atoms with E-state index in [0.29, 0.717) is 124 Å². The van der Waals surface area contributed by atoms with Crippen LogP contribution in [0.1, 0.15) is 148 Å². The van der Waals surface area contributed by atoms with Crippen molar-refractivity contribution in [3.05, 3.63) is 304 Å². The van der Waals surface area contributed by atoms with Crippen LogP contribution < -0.4 is 43.6 Å². The first-order chi connectivity index (χ1) is 67.0. The maximum absolute atomic E-state index is 16.0. The highest BCUT2D eigenvalue weighted by atomic mass is 36.0. The van der Waals surface area contributed by atoms with E-state index in [2.05, 4.69) is 73.1 Å². The highest BCUT2D eigenvalue weighted by Gasteiger charge is 2.57. The second kappa shape index (κ2) is 42.8. The van der Waals surface area contributed by atoms with Crippen LogP contribution in [0.2, 0.25) is 0 Å². The molecule has 4 saturated carbocycles. The maximum Gasteiger partial charge on any atom is 0.586 e. The lowest BCUT2D eigenvalue weighted by Crippen LogP contribution is -2.30. The molecule has 0 saturated heterocycles. The maximum atomic E-state index is 16.0. The van der Waals surface area contributed by atoms with Crippen LogP contribution in [0.4, 0.5) is 49.6 Å². The first kappa shape index (κ1) is 107. The fraction of sp³-hybridized carbons (Fsp3) is 0.346. The van der Waals surface area contributed by atoms with Crippen molar-refractivity contribution in [1.29, 1.82) is 0 Å². The first-order valence-corrected chi connectivity index (χ1v) is 48.6. The lowest BCUT2D eigenvalue weighted by atomic mass is 9.87. The van der Waals surface area contributed by atoms with Gasteiger partial charge in [-0.3, -0.25) is 19.2 Å². The van der Waals surface area contributed by atoms with Crippen LogP contribution in [0.15, 0.2) is 231 Å². The SMILES string of the molecule is C.CC(C)(COCc1ccccc1)c1cc2cc(CC(=O)C3(c4ccc5c(c4)OC(F)(F)O5)CC3)c(F)cc2n1C[C@@H](O)COCc1ccccc1.CC(C)(COCc1ccccc1)c1cc2cc(N)c(F)cc2n1C[C@@H](O)COCc1ccccc1.O=C(Cl)C1(c2ccc3c(c2)OC(F)(F)O3)CC1.O=C(Cl)C1(c2ccc3c(c2)OC(F)(F)O3)CC1.O=C(O)C1(c2ccc3c(c2)OC(F)(F)O3)CC1.O=S(=O)(Cl)Cl. The van der Waals surface area contributed by atoms with Crippen molar-refractivity contribution in [3.63, 3.8) is 0 Å². The van der Waals surface area contributed by atoms with Crippen LogP contribution in [0.25, 0.3) is 21.8 Å². The van der Waals surface area contributed by atoms with Gasteiger partial charge in [0, 0.05) is 66.8 Å². The standard InChI is InChI=1S/C41H40F3NO6.C29H33FN2O3.2C11H7ClF2O3.C11H8F2O4.CH4.Cl2O2S/c1-39(2,26-49-24-28-11-7-4-8-12-28)37-18-30-17-29(19-38(47)40(15-16-40)31-13-14-35-36(20-31)51-41(43,44)50-35)33(42)21-34(30)45(37)22-32(46)25-48-23-27-9-5-3-6-10-27;1-29(2,20-35-18-22-11-7-4-8-12-22)28-14-23-13-26(31)25(30)15-27(23)32(28)16-24(33)19-34-17-21-9-5-3-6-10-21;2*12-9(15)10(3-4-10)6-1-2-7-8(5-6)17-11(13,14)16-7;12-11(13)16-7-2-1-6(5-8(7)17-11)10(3-4-10)9(14)15;;1-5(2,3)4/h3-14,17-18,20-21,32,46H,15-16,19,22-26H2,1-2H3;3-15,24,33H,16-20,31H2,1-2H3;2*1-2,5H,3-4H2;1-2,5H,3-4H2,(H,14,15);1H4;/t32-;24-;;;;;/m11...../s1. The number of nitrogen functional groups attached to an aromatic ring is 1. The van der Waals surface area contributed by atoms with Crippen LogP contribution in [-0.4, -0.2) is 119 Å². The number of alkyl halides is 8. The predicted molar refractivity (Wildman–Crippen MR) is 510 cm³/mol. The molecule has 4 aliphatic heterocycles. The Balaban J connectivity index is 0.000000151. The van der Waals surface area contributed by atoms with Gasteiger partial charge in [-0.15, -0.1) is 35.1 Å². The van der Waals surface area contributed by atoms with Gasteiger partial charge in [0.05, 0.1) is 117 Å². The molecule has 0 radical (unpaired) electrons. The summed E-state index contributed by atoms with van der Waals surface area (Å²) in [6.07, 6.45) is -11.9. The molecule has 6 heterocycles. The van der Waals surface area contributed by atoms with Gasteiger partial charge in [0.15, 0.2) is 46.0 Å². The van der Waals surface area contributed by atoms with Gasteiger partial charge in [0.2, 0.25) is 10.5 Å². The monoisotopic (exact) mass is 2090 g/mol. The highest BCUT2D eigenvalue weighted by Crippen LogP contribution is 2.57. The van der Waals surface area contributed by atoms with Crippen LogP contribution in [0.5, 0.6) is 46.0 Å². The summed E-state index contributed by atoms with van der Waals surface area (Å²) in [5.41, 5.74) is 11.4. The second-order valence-corrected chi connectivity index (χ2v) is 41.1. The number of Topliss-reactive ketones (excluding diaryl/α,β-unsaturated/α-hetero) is 1. The number of aliphatic hydroxyl groups is 2. The number of hydrogen-bond donors (Lipinski definition) is 4. The van der Waals surface area contributed by atoms with Crippen molar-refractivity contribution in [1.82, 2.24) is 9.13 Å². The molecule has 0 spiro atoms. The zero-order chi connectivity index (χ0) is 102. The number of rotatable bonds is 32. The highest BCUT2D eigenvalue weighted by molar-refractivity contribution is 8.31. The molecule has 8 aliphatic rings. The molecule has 2 aromatic heterocycles. The summed E-state index contributed by atoms with van der Waals surface area (Å²) in [5, 5.41) is 31.6. The summed E-state index contributed by atoms with van der Waals surface area (Å²) in [4.78, 5) is 47.5. The average Bonchev–Trinajstić information content (AvgIpc) is 1.60. The average molecular weight is 2090 g/mol. The van der Waals surface area contributed by atoms with E-state index in [4.69, 9.17) is 61.4 Å². The molecule has 2 atom stereocenters. The lowest BCUT2D eigenvalue weighted by molar-refractivity contribution is -0.287. The summed E-state index contributed by atoms with van der Waals surface area (Å²) < 4.78 is 215. The Morgan fingerprint density at radius 1 is 0.406 bits per heavy atom. The topological polar surface area (TPSA) is 310 Å². The number of anilines is 1. The molecule has 10 aromatic carbocycles. The molecule has 4 fully saturated rings. The molecule has 24 nitrogen and oxygen atoms in total. The number of aliphatic carboxylic acids is 1. The predicted octanol–water partition coefficient (Wildman–Crippen LogP) is 22.5. The van der Waals surface area contributed by atoms with E-state index in [9.17, 15) is 68.9 Å². The Hall–Kier alpha value is -11.9. The Morgan fingerprint density at radius 2 is 0.685 bits per heavy atom. The lowest BCUT2D eigenvalue weighted by Gasteiger charge is -2.28. The number of carboxylic acid groups (broad SMARTS) is 1. The van der Waals surface area contributed by atoms with Gasteiger partial charge in [0.1, 0.15) is 17.4 Å². The number of fused-ring (bicyclic) bond motifs is 6. The summed E-state index contributed by atoms with van der Waals surface area (Å²) in [6, 6.07) is 66.7. The van der Waals surface area contributed by atoms with E-state index >= 15 is 4.39 Å². The minimum Gasteiger partial charge on any atom is -0.481 e. The molecular formula is C104H99Cl4F10N3O21S. The Morgan fingerprint density at radius 3 is 0.986 bits per heavy atom. The minimum absolute atomic E-state index is 0. The van der Waals surface area contributed by atoms with Crippen molar-refractivity contribution < 1.29 is 144 Å². The number of aromatic nitrogens is 2. The number of ketones is 1. The zero-order valence-electron chi connectivity index (χ0n) is 76.4. The van der Waals surface area contributed by atoms with E-state index in [-0.39, 0.29) is 103 Å². The van der Waals surface area contributed by atoms with Crippen LogP contribution in [0.3, 0.4) is 0 Å². The Labute approximate surface area is 834 Å². The van der Waals surface area contributed by atoms with Crippen molar-refractivity contribution >= 4 is 103 Å². The third kappa shape index (κ3) is 26.1. The Bertz CT molecular complexity index is 6530. The molecule has 5 N–H and O–H groups in total. The summed E-state index contributed by atoms with van der Waals surface area (Å²) in [6.45, 7) is 11.4. The van der Waals surface area contributed by atoms with Gasteiger partial charge in [-0.2, -0.15) is 8.42 Å². The summed E-state index contributed by atoms with van der Waals surface area (Å²) in [5.74, 6) is -2.74. The number of carbonyl (C=O) groups is 4. The van der Waals surface area contributed by atoms with Gasteiger partial charge in [0.25, 0.3) is 0 Å². The third-order valence-corrected chi connectivity index (χ3v) is 25.8. The zero-order valence-corrected chi connectivity index (χ0v) is 80.2. The quantitative estimate of drug-likeness (QED) is 0.0173. The number of ether oxygens (including phenoxy) is 12. The van der Waals surface area contributed by atoms with Crippen molar-refractivity contribution in [2.75, 3.05) is 32.2 Å². The number of aliphatic hydroxyl groups excluding tert-OH is 2. The van der Waals surface area contributed by atoms with Crippen LogP contribution in [0, 0.1) is 11.6 Å². The van der Waals surface area contributed by atoms with Crippen molar-refractivity contribution in [2.45, 2.75) is 202 Å². The van der Waals surface area contributed by atoms with E-state index in [1.807, 2.05) is 156 Å². The number of benzene rings is 10. The minimum atomic E-state index is -3.76. The van der Waals surface area contributed by atoms with Gasteiger partial charge >= 0.3 is 39.4 Å². The van der Waals surface area contributed by atoms with Crippen molar-refractivity contribution in [3.8, 4) is 46.0 Å². The molecule has 143 heavy (non-hydrogen) atoms. The molecule has 39 heteroatoms.